The summed E-state index contributed by atoms with van der Waals surface area (Å²) in [7, 11) is 0. The predicted molar refractivity (Wildman–Crippen MR) is 310 cm³/mol. The first-order valence-electron chi connectivity index (χ1n) is 31.8. The average molecular weight is 999 g/mol. The molecule has 0 fully saturated rings. The van der Waals surface area contributed by atoms with Crippen molar-refractivity contribution in [2.75, 3.05) is 13.2 Å². The molecule has 1 amide bonds. The summed E-state index contributed by atoms with van der Waals surface area (Å²) in [6.07, 6.45) is 76.2. The molecule has 0 spiro atoms. The van der Waals surface area contributed by atoms with Crippen LogP contribution in [0.5, 0.6) is 0 Å². The van der Waals surface area contributed by atoms with Gasteiger partial charge in [-0.15, -0.1) is 0 Å². The third-order valence-electron chi connectivity index (χ3n) is 14.7. The molecule has 0 rings (SSSR count). The number of allylic oxidation sites excluding steroid dienone is 5. The average Bonchev–Trinajstić information content (AvgIpc) is 3.37. The number of hydrogen-bond donors (Lipinski definition) is 3. The quantitative estimate of drug-likeness (QED) is 0.0321. The number of rotatable bonds is 59. The molecule has 0 saturated heterocycles. The highest BCUT2D eigenvalue weighted by Gasteiger charge is 2.18. The molecule has 0 aromatic carbocycles. The smallest absolute Gasteiger partial charge is 0.305 e. The molecule has 0 aliphatic heterocycles. The molecule has 2 unspecified atom stereocenters. The number of aliphatic hydroxyl groups excluding tert-OH is 2. The van der Waals surface area contributed by atoms with Crippen molar-refractivity contribution in [3.8, 4) is 0 Å². The third kappa shape index (κ3) is 57.2. The van der Waals surface area contributed by atoms with Crippen molar-refractivity contribution >= 4 is 11.9 Å². The summed E-state index contributed by atoms with van der Waals surface area (Å²) >= 11 is 0. The fourth-order valence-corrected chi connectivity index (χ4v) is 9.78. The summed E-state index contributed by atoms with van der Waals surface area (Å²) in [5.41, 5.74) is 0. The minimum Gasteiger partial charge on any atom is -0.466 e. The molecular formula is C65H123NO5. The van der Waals surface area contributed by atoms with E-state index in [0.29, 0.717) is 19.4 Å². The molecule has 6 heteroatoms. The minimum absolute atomic E-state index is 0.00723. The first-order valence-corrected chi connectivity index (χ1v) is 31.8. The maximum Gasteiger partial charge on any atom is 0.305 e. The van der Waals surface area contributed by atoms with Crippen molar-refractivity contribution in [1.29, 1.82) is 0 Å². The van der Waals surface area contributed by atoms with Gasteiger partial charge in [-0.05, 0) is 64.2 Å². The van der Waals surface area contributed by atoms with E-state index >= 15 is 0 Å². The molecule has 6 nitrogen and oxygen atoms in total. The van der Waals surface area contributed by atoms with Crippen molar-refractivity contribution in [1.82, 2.24) is 5.32 Å². The lowest BCUT2D eigenvalue weighted by molar-refractivity contribution is -0.143. The van der Waals surface area contributed by atoms with Crippen molar-refractivity contribution < 1.29 is 24.5 Å². The fourth-order valence-electron chi connectivity index (χ4n) is 9.78. The zero-order valence-corrected chi connectivity index (χ0v) is 47.7. The van der Waals surface area contributed by atoms with Crippen molar-refractivity contribution in [2.24, 2.45) is 0 Å². The van der Waals surface area contributed by atoms with E-state index in [9.17, 15) is 19.8 Å². The number of nitrogens with one attached hydrogen (secondary N) is 1. The highest BCUT2D eigenvalue weighted by Crippen LogP contribution is 2.18. The number of hydrogen-bond acceptors (Lipinski definition) is 5. The van der Waals surface area contributed by atoms with Crippen molar-refractivity contribution in [3.05, 3.63) is 36.5 Å². The molecule has 2 atom stereocenters. The van der Waals surface area contributed by atoms with Crippen LogP contribution >= 0.6 is 0 Å². The normalized spacial score (nSPS) is 12.8. The van der Waals surface area contributed by atoms with Gasteiger partial charge in [0.05, 0.1) is 25.4 Å². The summed E-state index contributed by atoms with van der Waals surface area (Å²) in [6, 6.07) is -0.626. The largest absolute Gasteiger partial charge is 0.466 e. The van der Waals surface area contributed by atoms with Gasteiger partial charge in [-0.3, -0.25) is 9.59 Å². The van der Waals surface area contributed by atoms with Crippen LogP contribution in [-0.4, -0.2) is 47.4 Å². The summed E-state index contributed by atoms with van der Waals surface area (Å²) in [5, 5.41) is 23.1. The van der Waals surface area contributed by atoms with Gasteiger partial charge in [0.15, 0.2) is 0 Å². The molecule has 418 valence electrons. The Balaban J connectivity index is 3.37. The van der Waals surface area contributed by atoms with Gasteiger partial charge in [0.25, 0.3) is 0 Å². The van der Waals surface area contributed by atoms with Crippen LogP contribution in [0.25, 0.3) is 0 Å². The molecule has 0 aromatic heterocycles. The predicted octanol–water partition coefficient (Wildman–Crippen LogP) is 20.0. The lowest BCUT2D eigenvalue weighted by Crippen LogP contribution is -2.45. The first kappa shape index (κ1) is 69.1. The van der Waals surface area contributed by atoms with E-state index < -0.39 is 12.1 Å². The molecule has 0 aliphatic rings. The van der Waals surface area contributed by atoms with Crippen LogP contribution in [0.3, 0.4) is 0 Å². The molecule has 0 aliphatic carbocycles. The lowest BCUT2D eigenvalue weighted by Gasteiger charge is -2.20. The zero-order chi connectivity index (χ0) is 51.4. The number of carbonyl (C=O) groups is 2. The summed E-state index contributed by atoms with van der Waals surface area (Å²) in [5.74, 6) is -0.0591. The van der Waals surface area contributed by atoms with E-state index in [0.717, 1.165) is 51.4 Å². The zero-order valence-electron chi connectivity index (χ0n) is 47.7. The number of ether oxygens (including phenoxy) is 1. The highest BCUT2D eigenvalue weighted by atomic mass is 16.5. The summed E-state index contributed by atoms with van der Waals surface area (Å²) in [4.78, 5) is 24.5. The Morgan fingerprint density at radius 2 is 0.704 bits per heavy atom. The van der Waals surface area contributed by atoms with E-state index in [-0.39, 0.29) is 18.5 Å². The van der Waals surface area contributed by atoms with Gasteiger partial charge < -0.3 is 20.3 Å². The van der Waals surface area contributed by atoms with Crippen LogP contribution in [0, 0.1) is 0 Å². The van der Waals surface area contributed by atoms with Crippen LogP contribution in [-0.2, 0) is 14.3 Å². The van der Waals surface area contributed by atoms with Gasteiger partial charge in [-0.1, -0.05) is 301 Å². The Labute approximate surface area is 443 Å². The molecule has 0 radical (unpaired) electrons. The van der Waals surface area contributed by atoms with Gasteiger partial charge in [0, 0.05) is 12.8 Å². The second kappa shape index (κ2) is 60.6. The molecule has 0 bridgehead atoms. The second-order valence-electron chi connectivity index (χ2n) is 21.7. The first-order chi connectivity index (χ1) is 35.0. The number of esters is 1. The minimum atomic E-state index is -0.843. The Kier molecular flexibility index (Phi) is 59.0. The van der Waals surface area contributed by atoms with E-state index in [1.807, 2.05) is 6.08 Å². The monoisotopic (exact) mass is 998 g/mol. The van der Waals surface area contributed by atoms with E-state index in [1.54, 1.807) is 6.08 Å². The van der Waals surface area contributed by atoms with Crippen molar-refractivity contribution in [2.45, 2.75) is 353 Å². The van der Waals surface area contributed by atoms with Crippen LogP contribution in [0.15, 0.2) is 36.5 Å². The number of carbonyl (C=O) groups excluding carboxylic acids is 2. The second-order valence-corrected chi connectivity index (χ2v) is 21.7. The van der Waals surface area contributed by atoms with Crippen molar-refractivity contribution in [3.63, 3.8) is 0 Å². The van der Waals surface area contributed by atoms with E-state index in [1.165, 1.54) is 263 Å². The summed E-state index contributed by atoms with van der Waals surface area (Å²) in [6.45, 7) is 4.89. The molecule has 0 heterocycles. The van der Waals surface area contributed by atoms with Gasteiger partial charge in [-0.2, -0.15) is 0 Å². The Hall–Kier alpha value is -1.92. The lowest BCUT2D eigenvalue weighted by atomic mass is 10.0. The van der Waals surface area contributed by atoms with Crippen LogP contribution in [0.1, 0.15) is 341 Å². The maximum atomic E-state index is 12.5. The van der Waals surface area contributed by atoms with Crippen LogP contribution in [0.2, 0.25) is 0 Å². The van der Waals surface area contributed by atoms with E-state index in [2.05, 4.69) is 43.5 Å². The molecule has 3 N–H and O–H groups in total. The van der Waals surface area contributed by atoms with E-state index in [4.69, 9.17) is 4.74 Å². The maximum absolute atomic E-state index is 12.5. The molecule has 71 heavy (non-hydrogen) atoms. The number of unbranched alkanes of at least 4 members (excludes halogenated alkanes) is 44. The highest BCUT2D eigenvalue weighted by molar-refractivity contribution is 5.76. The van der Waals surface area contributed by atoms with Gasteiger partial charge >= 0.3 is 5.97 Å². The Morgan fingerprint density at radius 3 is 1.10 bits per heavy atom. The number of amides is 1. The summed E-state index contributed by atoms with van der Waals surface area (Å²) < 4.78 is 5.49. The fraction of sp³-hybridized carbons (Fsp3) is 0.877. The molecular weight excluding hydrogens is 875 g/mol. The van der Waals surface area contributed by atoms with Gasteiger partial charge in [0.2, 0.25) is 5.91 Å². The van der Waals surface area contributed by atoms with Gasteiger partial charge in [0.1, 0.15) is 0 Å². The standard InChI is InChI=1S/C65H123NO5/c1-3-5-7-9-11-13-15-17-18-27-31-35-39-43-47-51-55-59-65(70)71-60-56-52-48-44-40-36-32-29-26-24-22-20-19-21-23-25-28-30-34-38-42-46-50-54-58-64(69)66-62(61-67)63(68)57-53-49-45-41-37-33-16-14-12-10-8-6-4-2/h11,13,17-18,53,57,62-63,67-68H,3-10,12,14-16,19-52,54-56,58-61H2,1-2H3,(H,66,69)/b13-11-,18-17-,57-53+. The SMILES string of the molecule is CCCCC/C=C\C/C=C\CCCCCCCCCC(=O)OCCCCCCCCCCCCCCCCCCCCCCCCCCC(=O)NC(CO)C(O)/C=C/CCCCCCCCCCCCC. The number of aliphatic hydroxyl groups is 2. The topological polar surface area (TPSA) is 95.9 Å². The molecule has 0 aromatic rings. The van der Waals surface area contributed by atoms with Gasteiger partial charge in [-0.25, -0.2) is 0 Å². The Bertz CT molecular complexity index is 1150. The van der Waals surface area contributed by atoms with Crippen LogP contribution < -0.4 is 5.32 Å². The van der Waals surface area contributed by atoms with Crippen LogP contribution in [0.4, 0.5) is 0 Å². The Morgan fingerprint density at radius 1 is 0.394 bits per heavy atom. The third-order valence-corrected chi connectivity index (χ3v) is 14.7. The molecule has 0 saturated carbocycles.